The molecule has 1 aromatic carbocycles. The summed E-state index contributed by atoms with van der Waals surface area (Å²) in [5, 5.41) is 26.5. The van der Waals surface area contributed by atoms with E-state index < -0.39 is 6.04 Å². The molecule has 1 rings (SSSR count). The van der Waals surface area contributed by atoms with Crippen molar-refractivity contribution in [3.05, 3.63) is 23.8 Å². The molecular formula is C9H11ClN2O2. The molecular weight excluding hydrogens is 204 g/mol. The van der Waals surface area contributed by atoms with E-state index in [1.165, 1.54) is 12.1 Å². The predicted octanol–water partition coefficient (Wildman–Crippen LogP) is 1.43. The van der Waals surface area contributed by atoms with Gasteiger partial charge in [-0.25, -0.2) is 0 Å². The van der Waals surface area contributed by atoms with E-state index in [0.29, 0.717) is 5.56 Å². The fourth-order valence-electron chi connectivity index (χ4n) is 0.987. The van der Waals surface area contributed by atoms with E-state index in [1.54, 1.807) is 6.07 Å². The molecule has 0 radical (unpaired) electrons. The normalized spacial score (nSPS) is 11.1. The Hall–Kier alpha value is -1.44. The Morgan fingerprint density at radius 1 is 1.36 bits per heavy atom. The maximum Gasteiger partial charge on any atom is 0.157 e. The van der Waals surface area contributed by atoms with E-state index in [2.05, 4.69) is 0 Å². The van der Waals surface area contributed by atoms with Crippen LogP contribution in [0.5, 0.6) is 11.5 Å². The number of nitriles is 1. The zero-order valence-electron chi connectivity index (χ0n) is 7.34. The van der Waals surface area contributed by atoms with Gasteiger partial charge < -0.3 is 15.9 Å². The van der Waals surface area contributed by atoms with E-state index in [0.717, 1.165) is 0 Å². The Morgan fingerprint density at radius 3 is 2.50 bits per heavy atom. The molecule has 0 spiro atoms. The lowest BCUT2D eigenvalue weighted by molar-refractivity contribution is 0.402. The van der Waals surface area contributed by atoms with Crippen LogP contribution in [-0.2, 0) is 0 Å². The van der Waals surface area contributed by atoms with Crippen LogP contribution in [0, 0.1) is 11.3 Å². The quantitative estimate of drug-likeness (QED) is 0.650. The van der Waals surface area contributed by atoms with Crippen molar-refractivity contribution in [2.75, 3.05) is 0 Å². The zero-order valence-corrected chi connectivity index (χ0v) is 8.16. The summed E-state index contributed by atoms with van der Waals surface area (Å²) in [6, 6.07) is 5.80. The molecule has 0 aliphatic rings. The van der Waals surface area contributed by atoms with Gasteiger partial charge in [-0.05, 0) is 17.7 Å². The highest BCUT2D eigenvalue weighted by molar-refractivity contribution is 5.85. The van der Waals surface area contributed by atoms with Crippen LogP contribution >= 0.6 is 12.4 Å². The molecule has 14 heavy (non-hydrogen) atoms. The van der Waals surface area contributed by atoms with E-state index in [4.69, 9.17) is 21.2 Å². The van der Waals surface area contributed by atoms with Gasteiger partial charge in [0.15, 0.2) is 11.5 Å². The van der Waals surface area contributed by atoms with Crippen LogP contribution < -0.4 is 5.73 Å². The maximum absolute atomic E-state index is 9.13. The molecule has 76 valence electrons. The molecule has 0 unspecified atom stereocenters. The number of phenolic OH excluding ortho intramolecular Hbond substituents is 2. The predicted molar refractivity (Wildman–Crippen MR) is 54.2 cm³/mol. The minimum atomic E-state index is -0.420. The topological polar surface area (TPSA) is 90.3 Å². The Kier molecular flexibility index (Phi) is 4.78. The molecule has 0 fully saturated rings. The molecule has 0 bridgehead atoms. The first kappa shape index (κ1) is 12.6. The van der Waals surface area contributed by atoms with Gasteiger partial charge in [0.1, 0.15) is 0 Å². The van der Waals surface area contributed by atoms with Crippen LogP contribution in [-0.4, -0.2) is 10.2 Å². The van der Waals surface area contributed by atoms with Crippen LogP contribution in [0.4, 0.5) is 0 Å². The first-order valence-electron chi connectivity index (χ1n) is 3.79. The molecule has 0 amide bonds. The molecule has 4 N–H and O–H groups in total. The molecule has 0 aliphatic heterocycles. The number of aromatic hydroxyl groups is 2. The largest absolute Gasteiger partial charge is 0.504 e. The second-order valence-electron chi connectivity index (χ2n) is 2.72. The summed E-state index contributed by atoms with van der Waals surface area (Å²) >= 11 is 0. The Labute approximate surface area is 88.0 Å². The van der Waals surface area contributed by atoms with Gasteiger partial charge in [-0.15, -0.1) is 12.4 Å². The lowest BCUT2D eigenvalue weighted by atomic mass is 10.1. The zero-order chi connectivity index (χ0) is 9.84. The van der Waals surface area contributed by atoms with Crippen molar-refractivity contribution >= 4 is 12.4 Å². The van der Waals surface area contributed by atoms with Gasteiger partial charge in [0, 0.05) is 6.04 Å². The van der Waals surface area contributed by atoms with Gasteiger partial charge in [0.25, 0.3) is 0 Å². The smallest absolute Gasteiger partial charge is 0.157 e. The fraction of sp³-hybridized carbons (Fsp3) is 0.222. The number of hydrogen-bond donors (Lipinski definition) is 3. The Balaban J connectivity index is 0.00000169. The summed E-state index contributed by atoms with van der Waals surface area (Å²) < 4.78 is 0. The minimum absolute atomic E-state index is 0. The molecule has 0 saturated carbocycles. The third kappa shape index (κ3) is 2.80. The second kappa shape index (κ2) is 5.32. The van der Waals surface area contributed by atoms with Gasteiger partial charge in [0.05, 0.1) is 12.5 Å². The van der Waals surface area contributed by atoms with Crippen molar-refractivity contribution in [1.82, 2.24) is 0 Å². The molecule has 0 heterocycles. The van der Waals surface area contributed by atoms with Crippen LogP contribution in [0.25, 0.3) is 0 Å². The van der Waals surface area contributed by atoms with E-state index in [1.807, 2.05) is 6.07 Å². The third-order valence-electron chi connectivity index (χ3n) is 1.74. The summed E-state index contributed by atoms with van der Waals surface area (Å²) in [7, 11) is 0. The highest BCUT2D eigenvalue weighted by Gasteiger charge is 2.07. The van der Waals surface area contributed by atoms with E-state index in [9.17, 15) is 0 Å². The first-order chi connectivity index (χ1) is 6.15. The number of rotatable bonds is 2. The fourth-order valence-corrected chi connectivity index (χ4v) is 0.987. The van der Waals surface area contributed by atoms with Gasteiger partial charge in [-0.2, -0.15) is 5.26 Å². The standard InChI is InChI=1S/C9H10N2O2.ClH/c10-4-3-7(11)6-1-2-8(12)9(13)5-6;/h1-2,5,7,12-13H,3,11H2;1H/t7-;/m1./s1. The van der Waals surface area contributed by atoms with Gasteiger partial charge in [-0.3, -0.25) is 0 Å². The van der Waals surface area contributed by atoms with Gasteiger partial charge >= 0.3 is 0 Å². The van der Waals surface area contributed by atoms with Crippen LogP contribution in [0.3, 0.4) is 0 Å². The number of nitrogens with two attached hydrogens (primary N) is 1. The Bertz CT molecular complexity index is 349. The monoisotopic (exact) mass is 214 g/mol. The van der Waals surface area contributed by atoms with Crippen molar-refractivity contribution in [2.45, 2.75) is 12.5 Å². The Morgan fingerprint density at radius 2 is 2.00 bits per heavy atom. The van der Waals surface area contributed by atoms with Gasteiger partial charge in [-0.1, -0.05) is 6.07 Å². The third-order valence-corrected chi connectivity index (χ3v) is 1.74. The van der Waals surface area contributed by atoms with Crippen molar-refractivity contribution in [3.63, 3.8) is 0 Å². The van der Waals surface area contributed by atoms with Crippen LogP contribution in [0.1, 0.15) is 18.0 Å². The molecule has 4 nitrogen and oxygen atoms in total. The van der Waals surface area contributed by atoms with Crippen LogP contribution in [0.15, 0.2) is 18.2 Å². The number of phenols is 2. The SMILES string of the molecule is Cl.N#CC[C@@H](N)c1ccc(O)c(O)c1. The maximum atomic E-state index is 9.13. The summed E-state index contributed by atoms with van der Waals surface area (Å²) in [6.07, 6.45) is 0.185. The highest BCUT2D eigenvalue weighted by atomic mass is 35.5. The van der Waals surface area contributed by atoms with Crippen LogP contribution in [0.2, 0.25) is 0 Å². The lowest BCUT2D eigenvalue weighted by Crippen LogP contribution is -2.08. The molecule has 0 saturated heterocycles. The second-order valence-corrected chi connectivity index (χ2v) is 2.72. The molecule has 1 atom stereocenters. The summed E-state index contributed by atoms with van der Waals surface area (Å²) in [5.74, 6) is -0.404. The molecule has 0 aliphatic carbocycles. The number of hydrogen-bond acceptors (Lipinski definition) is 4. The highest BCUT2D eigenvalue weighted by Crippen LogP contribution is 2.27. The van der Waals surface area contributed by atoms with E-state index in [-0.39, 0.29) is 30.3 Å². The van der Waals surface area contributed by atoms with E-state index >= 15 is 0 Å². The molecule has 0 aromatic heterocycles. The lowest BCUT2D eigenvalue weighted by Gasteiger charge is -2.08. The average Bonchev–Trinajstić information content (AvgIpc) is 2.10. The first-order valence-corrected chi connectivity index (χ1v) is 3.79. The van der Waals surface area contributed by atoms with Gasteiger partial charge in [0.2, 0.25) is 0 Å². The van der Waals surface area contributed by atoms with Crippen molar-refractivity contribution in [1.29, 1.82) is 5.26 Å². The number of halogens is 1. The number of benzene rings is 1. The minimum Gasteiger partial charge on any atom is -0.504 e. The molecule has 1 aromatic rings. The van der Waals surface area contributed by atoms with Crippen molar-refractivity contribution in [2.24, 2.45) is 5.73 Å². The number of nitrogens with zero attached hydrogens (tertiary/aromatic N) is 1. The van der Waals surface area contributed by atoms with Crippen molar-refractivity contribution in [3.8, 4) is 17.6 Å². The average molecular weight is 215 g/mol. The molecule has 5 heteroatoms. The van der Waals surface area contributed by atoms with Crippen molar-refractivity contribution < 1.29 is 10.2 Å². The summed E-state index contributed by atoms with van der Waals surface area (Å²) in [6.45, 7) is 0. The summed E-state index contributed by atoms with van der Waals surface area (Å²) in [5.41, 5.74) is 6.25. The summed E-state index contributed by atoms with van der Waals surface area (Å²) in [4.78, 5) is 0.